The molecule has 48 valence electrons. The van der Waals surface area contributed by atoms with Gasteiger partial charge < -0.3 is 0 Å². The Kier molecular flexibility index (Phi) is 4.92. The number of rotatable bonds is 4. The fourth-order valence-electron chi connectivity index (χ4n) is 0.450. The zero-order valence-electron chi connectivity index (χ0n) is 4.95. The molecule has 0 saturated carbocycles. The summed E-state index contributed by atoms with van der Waals surface area (Å²) < 4.78 is 22.9. The van der Waals surface area contributed by atoms with Gasteiger partial charge in [-0.25, -0.2) is 8.78 Å². The lowest BCUT2D eigenvalue weighted by Gasteiger charge is -1.95. The first-order chi connectivity index (χ1) is 3.77. The van der Waals surface area contributed by atoms with E-state index in [9.17, 15) is 8.78 Å². The van der Waals surface area contributed by atoms with Crippen molar-refractivity contribution in [1.29, 1.82) is 0 Å². The van der Waals surface area contributed by atoms with Crippen molar-refractivity contribution < 1.29 is 8.78 Å². The minimum atomic E-state index is -0.802. The largest absolute Gasteiger partial charge is 0.248 e. The average molecular weight is 120 g/mol. The Labute approximate surface area is 48.9 Å². The van der Waals surface area contributed by atoms with Crippen molar-refractivity contribution in [3.8, 4) is 0 Å². The Bertz CT molecular complexity index is 43.8. The molecule has 8 heavy (non-hydrogen) atoms. The van der Waals surface area contributed by atoms with E-state index < -0.39 is 6.17 Å². The molecule has 2 radical (unpaired) electrons. The first-order valence-corrected chi connectivity index (χ1v) is 2.75. The lowest BCUT2D eigenvalue weighted by molar-refractivity contribution is 0.330. The van der Waals surface area contributed by atoms with Gasteiger partial charge >= 0.3 is 0 Å². The van der Waals surface area contributed by atoms with Crippen LogP contribution in [0.1, 0.15) is 26.2 Å². The van der Waals surface area contributed by atoms with Gasteiger partial charge in [-0.1, -0.05) is 0 Å². The molecule has 2 heteroatoms. The second-order valence-corrected chi connectivity index (χ2v) is 1.81. The standard InChI is InChI=1S/C6H10F2/c1-6(8)4-2-3-5-7/h6H,2-4H2,1H3. The zero-order chi connectivity index (χ0) is 6.41. The fourth-order valence-corrected chi connectivity index (χ4v) is 0.450. The molecule has 0 aromatic rings. The van der Waals surface area contributed by atoms with Gasteiger partial charge in [0.25, 0.3) is 0 Å². The summed E-state index contributed by atoms with van der Waals surface area (Å²) in [6.07, 6.45) is 0.461. The fraction of sp³-hybridized carbons (Fsp3) is 0.833. The maximum Gasteiger partial charge on any atom is 0.185 e. The van der Waals surface area contributed by atoms with Crippen molar-refractivity contribution in [3.05, 3.63) is 6.67 Å². The van der Waals surface area contributed by atoms with E-state index in [4.69, 9.17) is 0 Å². The summed E-state index contributed by atoms with van der Waals surface area (Å²) >= 11 is 0. The minimum absolute atomic E-state index is 0.258. The summed E-state index contributed by atoms with van der Waals surface area (Å²) in [6, 6.07) is 0. The first-order valence-electron chi connectivity index (χ1n) is 2.75. The Balaban J connectivity index is 2.72. The van der Waals surface area contributed by atoms with Crippen LogP contribution in [-0.4, -0.2) is 6.17 Å². The number of hydrogen-bond acceptors (Lipinski definition) is 0. The van der Waals surface area contributed by atoms with Crippen molar-refractivity contribution in [2.45, 2.75) is 32.4 Å². The van der Waals surface area contributed by atoms with Gasteiger partial charge in [0.05, 0.1) is 6.17 Å². The van der Waals surface area contributed by atoms with Crippen LogP contribution in [0, 0.1) is 6.67 Å². The number of unbranched alkanes of at least 4 members (excludes halogenated alkanes) is 1. The number of halogens is 2. The van der Waals surface area contributed by atoms with E-state index in [1.54, 1.807) is 0 Å². The molecule has 0 fully saturated rings. The van der Waals surface area contributed by atoms with Gasteiger partial charge in [0.15, 0.2) is 6.67 Å². The molecule has 0 aliphatic carbocycles. The van der Waals surface area contributed by atoms with E-state index in [0.29, 0.717) is 12.8 Å². The highest BCUT2D eigenvalue weighted by atomic mass is 19.1. The summed E-state index contributed by atoms with van der Waals surface area (Å²) in [5.41, 5.74) is 0. The summed E-state index contributed by atoms with van der Waals surface area (Å²) in [5.74, 6) is 0. The quantitative estimate of drug-likeness (QED) is 0.500. The van der Waals surface area contributed by atoms with Crippen LogP contribution in [0.25, 0.3) is 0 Å². The van der Waals surface area contributed by atoms with E-state index in [-0.39, 0.29) is 6.42 Å². The molecule has 0 amide bonds. The van der Waals surface area contributed by atoms with Crippen LogP contribution in [-0.2, 0) is 0 Å². The Morgan fingerprint density at radius 2 is 2.25 bits per heavy atom. The number of alkyl halides is 1. The smallest absolute Gasteiger partial charge is 0.185 e. The zero-order valence-corrected chi connectivity index (χ0v) is 4.95. The van der Waals surface area contributed by atoms with Crippen LogP contribution in [0.4, 0.5) is 8.78 Å². The predicted octanol–water partition coefficient (Wildman–Crippen LogP) is 2.52. The van der Waals surface area contributed by atoms with Gasteiger partial charge in [0.2, 0.25) is 0 Å². The lowest BCUT2D eigenvalue weighted by Crippen LogP contribution is -1.90. The van der Waals surface area contributed by atoms with Crippen molar-refractivity contribution in [2.75, 3.05) is 0 Å². The van der Waals surface area contributed by atoms with E-state index in [1.165, 1.54) is 13.6 Å². The molecule has 0 N–H and O–H groups in total. The topological polar surface area (TPSA) is 0 Å². The second kappa shape index (κ2) is 5.01. The highest BCUT2D eigenvalue weighted by Gasteiger charge is 1.96. The van der Waals surface area contributed by atoms with Gasteiger partial charge in [-0.2, -0.15) is 0 Å². The van der Waals surface area contributed by atoms with Gasteiger partial charge in [-0.3, -0.25) is 0 Å². The third-order valence-corrected chi connectivity index (χ3v) is 0.873. The van der Waals surface area contributed by atoms with Crippen LogP contribution in [0.3, 0.4) is 0 Å². The molecule has 1 unspecified atom stereocenters. The maximum absolute atomic E-state index is 11.9. The SMILES string of the molecule is CC(F)CCC[C]F. The predicted molar refractivity (Wildman–Crippen MR) is 28.8 cm³/mol. The third kappa shape index (κ3) is 5.86. The number of hydrogen-bond donors (Lipinski definition) is 0. The van der Waals surface area contributed by atoms with E-state index in [2.05, 4.69) is 0 Å². The molecular weight excluding hydrogens is 110 g/mol. The highest BCUT2D eigenvalue weighted by molar-refractivity contribution is 4.52. The molecule has 0 nitrogen and oxygen atoms in total. The molecule has 1 atom stereocenters. The lowest BCUT2D eigenvalue weighted by atomic mass is 10.2. The average Bonchev–Trinajstić information content (AvgIpc) is 1.66. The monoisotopic (exact) mass is 120 g/mol. The molecule has 0 aliphatic heterocycles. The second-order valence-electron chi connectivity index (χ2n) is 1.81. The molecular formula is C6H10F2. The highest BCUT2D eigenvalue weighted by Crippen LogP contribution is 2.04. The molecule has 0 spiro atoms. The van der Waals surface area contributed by atoms with Crippen LogP contribution in [0.15, 0.2) is 0 Å². The Morgan fingerprint density at radius 1 is 1.62 bits per heavy atom. The van der Waals surface area contributed by atoms with Crippen molar-refractivity contribution >= 4 is 0 Å². The van der Waals surface area contributed by atoms with Crippen LogP contribution in [0.2, 0.25) is 0 Å². The summed E-state index contributed by atoms with van der Waals surface area (Å²) in [5, 5.41) is 0. The minimum Gasteiger partial charge on any atom is -0.248 e. The summed E-state index contributed by atoms with van der Waals surface area (Å²) in [7, 11) is 0. The van der Waals surface area contributed by atoms with Gasteiger partial charge in [0.1, 0.15) is 0 Å². The van der Waals surface area contributed by atoms with Gasteiger partial charge in [-0.05, 0) is 26.2 Å². The van der Waals surface area contributed by atoms with Crippen molar-refractivity contribution in [2.24, 2.45) is 0 Å². The molecule has 0 aliphatic rings. The molecule has 0 bridgehead atoms. The Morgan fingerprint density at radius 3 is 2.62 bits per heavy atom. The van der Waals surface area contributed by atoms with Gasteiger partial charge in [0, 0.05) is 0 Å². The maximum atomic E-state index is 11.9. The molecule has 0 saturated heterocycles. The van der Waals surface area contributed by atoms with Crippen LogP contribution >= 0.6 is 0 Å². The third-order valence-electron chi connectivity index (χ3n) is 0.873. The van der Waals surface area contributed by atoms with Crippen molar-refractivity contribution in [3.63, 3.8) is 0 Å². The first kappa shape index (κ1) is 7.86. The molecule has 0 aromatic carbocycles. The molecule has 0 heterocycles. The molecule has 0 rings (SSSR count). The van der Waals surface area contributed by atoms with E-state index in [0.717, 1.165) is 0 Å². The van der Waals surface area contributed by atoms with Gasteiger partial charge in [-0.15, -0.1) is 0 Å². The van der Waals surface area contributed by atoms with Crippen molar-refractivity contribution in [1.82, 2.24) is 0 Å². The van der Waals surface area contributed by atoms with Crippen LogP contribution in [0.5, 0.6) is 0 Å². The van der Waals surface area contributed by atoms with E-state index >= 15 is 0 Å². The normalized spacial score (nSPS) is 13.9. The Hall–Kier alpha value is -0.140. The molecule has 0 aromatic heterocycles. The summed E-state index contributed by atoms with van der Waals surface area (Å²) in [6.45, 7) is 2.93. The summed E-state index contributed by atoms with van der Waals surface area (Å²) in [4.78, 5) is 0. The van der Waals surface area contributed by atoms with Crippen LogP contribution < -0.4 is 0 Å². The van der Waals surface area contributed by atoms with E-state index in [1.807, 2.05) is 0 Å².